The van der Waals surface area contributed by atoms with Crippen LogP contribution in [0.5, 0.6) is 0 Å². The minimum absolute atomic E-state index is 0.231. The van der Waals surface area contributed by atoms with Crippen molar-refractivity contribution in [2.75, 3.05) is 5.75 Å². The van der Waals surface area contributed by atoms with Gasteiger partial charge < -0.3 is 5.11 Å². The molecule has 0 radical (unpaired) electrons. The van der Waals surface area contributed by atoms with Crippen molar-refractivity contribution in [1.82, 2.24) is 0 Å². The van der Waals surface area contributed by atoms with E-state index in [4.69, 9.17) is 0 Å². The molecule has 3 nitrogen and oxygen atoms in total. The average Bonchev–Trinajstić information content (AvgIpc) is 2.54. The number of rotatable bonds is 4. The molecule has 0 saturated heterocycles. The van der Waals surface area contributed by atoms with E-state index in [1.807, 2.05) is 43.3 Å². The van der Waals surface area contributed by atoms with Gasteiger partial charge in [0.2, 0.25) is 0 Å². The Labute approximate surface area is 142 Å². The Hall–Kier alpha value is -2.17. The molecule has 0 aliphatic carbocycles. The second-order valence-corrected chi connectivity index (χ2v) is 8.40. The standard InChI is InChI=1S/C20H20O3S/c1-15-7-11-19(12-8-15)24(22,23)14-20(2,21)18-10-9-16-5-3-4-6-17(16)13-18/h3-13,21H,14H2,1-2H3. The second-order valence-electron chi connectivity index (χ2n) is 6.41. The van der Waals surface area contributed by atoms with Gasteiger partial charge in [-0.15, -0.1) is 0 Å². The molecule has 3 aromatic carbocycles. The lowest BCUT2D eigenvalue weighted by Crippen LogP contribution is -2.31. The minimum Gasteiger partial charge on any atom is -0.384 e. The van der Waals surface area contributed by atoms with Crippen molar-refractivity contribution in [3.63, 3.8) is 0 Å². The van der Waals surface area contributed by atoms with Gasteiger partial charge in [0.05, 0.1) is 10.6 Å². The van der Waals surface area contributed by atoms with Crippen LogP contribution in [0.2, 0.25) is 0 Å². The molecular weight excluding hydrogens is 320 g/mol. The molecule has 0 amide bonds. The van der Waals surface area contributed by atoms with Crippen molar-refractivity contribution in [2.24, 2.45) is 0 Å². The van der Waals surface area contributed by atoms with Crippen LogP contribution in [-0.4, -0.2) is 19.3 Å². The SMILES string of the molecule is Cc1ccc(S(=O)(=O)CC(C)(O)c2ccc3ccccc3c2)cc1. The van der Waals surface area contributed by atoms with E-state index >= 15 is 0 Å². The Morgan fingerprint density at radius 1 is 0.917 bits per heavy atom. The van der Waals surface area contributed by atoms with Gasteiger partial charge in [-0.2, -0.15) is 0 Å². The first-order chi connectivity index (χ1) is 11.3. The van der Waals surface area contributed by atoms with Crippen LogP contribution in [0.3, 0.4) is 0 Å². The molecule has 0 heterocycles. The van der Waals surface area contributed by atoms with Gasteiger partial charge in [-0.3, -0.25) is 0 Å². The van der Waals surface area contributed by atoms with E-state index in [0.29, 0.717) is 5.56 Å². The predicted molar refractivity (Wildman–Crippen MR) is 96.8 cm³/mol. The molecule has 1 atom stereocenters. The molecule has 1 N–H and O–H groups in total. The zero-order chi connectivity index (χ0) is 17.4. The summed E-state index contributed by atoms with van der Waals surface area (Å²) in [5, 5.41) is 12.8. The van der Waals surface area contributed by atoms with Crippen molar-refractivity contribution in [1.29, 1.82) is 0 Å². The van der Waals surface area contributed by atoms with E-state index < -0.39 is 15.4 Å². The van der Waals surface area contributed by atoms with Crippen LogP contribution >= 0.6 is 0 Å². The molecule has 0 fully saturated rings. The molecule has 0 aromatic heterocycles. The smallest absolute Gasteiger partial charge is 0.181 e. The van der Waals surface area contributed by atoms with E-state index in [9.17, 15) is 13.5 Å². The third-order valence-corrected chi connectivity index (χ3v) is 6.16. The first-order valence-electron chi connectivity index (χ1n) is 7.79. The summed E-state index contributed by atoms with van der Waals surface area (Å²) in [7, 11) is -3.59. The van der Waals surface area contributed by atoms with Crippen molar-refractivity contribution in [2.45, 2.75) is 24.3 Å². The van der Waals surface area contributed by atoms with Gasteiger partial charge in [-0.1, -0.05) is 54.1 Å². The van der Waals surface area contributed by atoms with Crippen molar-refractivity contribution in [3.8, 4) is 0 Å². The first kappa shape index (κ1) is 16.7. The van der Waals surface area contributed by atoms with E-state index in [-0.39, 0.29) is 10.6 Å². The molecule has 0 aliphatic heterocycles. The summed E-state index contributed by atoms with van der Waals surface area (Å²) >= 11 is 0. The van der Waals surface area contributed by atoms with Crippen LogP contribution in [0.15, 0.2) is 71.6 Å². The number of fused-ring (bicyclic) bond motifs is 1. The maximum atomic E-state index is 12.6. The van der Waals surface area contributed by atoms with Crippen LogP contribution in [0.1, 0.15) is 18.1 Å². The highest BCUT2D eigenvalue weighted by atomic mass is 32.2. The monoisotopic (exact) mass is 340 g/mol. The lowest BCUT2D eigenvalue weighted by molar-refractivity contribution is 0.0821. The van der Waals surface area contributed by atoms with Crippen LogP contribution in [0.25, 0.3) is 10.8 Å². The maximum Gasteiger partial charge on any atom is 0.181 e. The lowest BCUT2D eigenvalue weighted by Gasteiger charge is -2.24. The molecule has 0 bridgehead atoms. The van der Waals surface area contributed by atoms with Gasteiger partial charge in [-0.05, 0) is 48.4 Å². The zero-order valence-corrected chi connectivity index (χ0v) is 14.5. The predicted octanol–water partition coefficient (Wildman–Crippen LogP) is 3.83. The summed E-state index contributed by atoms with van der Waals surface area (Å²) in [6, 6.07) is 20.0. The zero-order valence-electron chi connectivity index (χ0n) is 13.7. The third kappa shape index (κ3) is 3.35. The van der Waals surface area contributed by atoms with Gasteiger partial charge in [0.1, 0.15) is 5.60 Å². The van der Waals surface area contributed by atoms with Crippen LogP contribution in [0.4, 0.5) is 0 Å². The quantitative estimate of drug-likeness (QED) is 0.785. The summed E-state index contributed by atoms with van der Waals surface area (Å²) in [4.78, 5) is 0.231. The molecule has 124 valence electrons. The van der Waals surface area contributed by atoms with Crippen molar-refractivity contribution < 1.29 is 13.5 Å². The largest absolute Gasteiger partial charge is 0.384 e. The Balaban J connectivity index is 1.95. The van der Waals surface area contributed by atoms with Gasteiger partial charge in [0, 0.05) is 0 Å². The fraction of sp³-hybridized carbons (Fsp3) is 0.200. The average molecular weight is 340 g/mol. The maximum absolute atomic E-state index is 12.6. The summed E-state index contributed by atoms with van der Waals surface area (Å²) < 4.78 is 25.3. The highest BCUT2D eigenvalue weighted by Crippen LogP contribution is 2.28. The fourth-order valence-corrected chi connectivity index (χ4v) is 4.43. The molecule has 4 heteroatoms. The molecular formula is C20H20O3S. The molecule has 3 rings (SSSR count). The summed E-state index contributed by atoms with van der Waals surface area (Å²) in [5.74, 6) is -0.360. The summed E-state index contributed by atoms with van der Waals surface area (Å²) in [6.07, 6.45) is 0. The van der Waals surface area contributed by atoms with Crippen molar-refractivity contribution in [3.05, 3.63) is 77.9 Å². The lowest BCUT2D eigenvalue weighted by atomic mass is 9.95. The van der Waals surface area contributed by atoms with Crippen LogP contribution < -0.4 is 0 Å². The Kier molecular flexibility index (Phi) is 4.20. The minimum atomic E-state index is -3.59. The summed E-state index contributed by atoms with van der Waals surface area (Å²) in [6.45, 7) is 3.45. The number of sulfone groups is 1. The number of aliphatic hydroxyl groups is 1. The molecule has 24 heavy (non-hydrogen) atoms. The van der Waals surface area contributed by atoms with Gasteiger partial charge in [-0.25, -0.2) is 8.42 Å². The molecule has 0 aliphatic rings. The van der Waals surface area contributed by atoms with E-state index in [0.717, 1.165) is 16.3 Å². The number of hydrogen-bond acceptors (Lipinski definition) is 3. The fourth-order valence-electron chi connectivity index (χ4n) is 2.81. The Morgan fingerprint density at radius 3 is 2.21 bits per heavy atom. The second kappa shape index (κ2) is 6.04. The van der Waals surface area contributed by atoms with Gasteiger partial charge >= 0.3 is 0 Å². The van der Waals surface area contributed by atoms with Gasteiger partial charge in [0.25, 0.3) is 0 Å². The topological polar surface area (TPSA) is 54.4 Å². The van der Waals surface area contributed by atoms with E-state index in [1.165, 1.54) is 0 Å². The van der Waals surface area contributed by atoms with E-state index in [2.05, 4.69) is 0 Å². The van der Waals surface area contributed by atoms with Crippen LogP contribution in [0, 0.1) is 6.92 Å². The van der Waals surface area contributed by atoms with Crippen LogP contribution in [-0.2, 0) is 15.4 Å². The molecule has 0 saturated carbocycles. The number of aryl methyl sites for hydroxylation is 1. The normalized spacial score (nSPS) is 14.5. The first-order valence-corrected chi connectivity index (χ1v) is 9.44. The number of hydrogen-bond donors (Lipinski definition) is 1. The summed E-state index contributed by atoms with van der Waals surface area (Å²) in [5.41, 5.74) is 0.125. The molecule has 3 aromatic rings. The van der Waals surface area contributed by atoms with Gasteiger partial charge in [0.15, 0.2) is 9.84 Å². The molecule has 1 unspecified atom stereocenters. The Bertz CT molecular complexity index is 971. The number of benzene rings is 3. The van der Waals surface area contributed by atoms with E-state index in [1.54, 1.807) is 37.3 Å². The third-order valence-electron chi connectivity index (χ3n) is 4.22. The highest BCUT2D eigenvalue weighted by Gasteiger charge is 2.31. The van der Waals surface area contributed by atoms with Crippen molar-refractivity contribution >= 4 is 20.6 Å². The highest BCUT2D eigenvalue weighted by molar-refractivity contribution is 7.91. The molecule has 0 spiro atoms. The Morgan fingerprint density at radius 2 is 1.54 bits per heavy atom.